The van der Waals surface area contributed by atoms with E-state index in [1.807, 2.05) is 120 Å². The summed E-state index contributed by atoms with van der Waals surface area (Å²) in [5.74, 6) is -0.423. The number of carbonyl (C=O) groups excluding carboxylic acids is 2. The average molecular weight is 646 g/mol. The highest BCUT2D eigenvalue weighted by atomic mass is 16.5. The Morgan fingerprint density at radius 3 is 1.69 bits per heavy atom. The van der Waals surface area contributed by atoms with Crippen LogP contribution >= 0.6 is 0 Å². The normalized spacial score (nSPS) is 12.7. The van der Waals surface area contributed by atoms with Crippen molar-refractivity contribution in [1.82, 2.24) is 4.90 Å². The minimum absolute atomic E-state index is 0.0248. The lowest BCUT2D eigenvalue weighted by atomic mass is 9.93. The van der Waals surface area contributed by atoms with E-state index in [1.54, 1.807) is 12.2 Å². The highest BCUT2D eigenvalue weighted by Crippen LogP contribution is 2.24. The van der Waals surface area contributed by atoms with Crippen LogP contribution < -0.4 is 4.74 Å². The molecule has 0 unspecified atom stereocenters. The largest absolute Gasteiger partial charge is 0.491 e. The molecule has 6 nitrogen and oxygen atoms in total. The van der Waals surface area contributed by atoms with E-state index in [-0.39, 0.29) is 43.5 Å². The molecule has 0 aromatic heterocycles. The molecule has 1 amide bonds. The Kier molecular flexibility index (Phi) is 14.7. The zero-order chi connectivity index (χ0) is 34.0. The van der Waals surface area contributed by atoms with Crippen LogP contribution in [0.1, 0.15) is 35.1 Å². The molecule has 0 aliphatic carbocycles. The van der Waals surface area contributed by atoms with Gasteiger partial charge in [-0.25, -0.2) is 0 Å². The fourth-order valence-electron chi connectivity index (χ4n) is 5.85. The van der Waals surface area contributed by atoms with Crippen LogP contribution in [0.5, 0.6) is 5.75 Å². The molecule has 4 aromatic carbocycles. The predicted molar refractivity (Wildman–Crippen MR) is 191 cm³/mol. The van der Waals surface area contributed by atoms with E-state index in [0.717, 1.165) is 22.3 Å². The quantitative estimate of drug-likeness (QED) is 0.0801. The molecule has 3 atom stereocenters. The molecular weight excluding hydrogens is 598 g/mol. The lowest BCUT2D eigenvalue weighted by Crippen LogP contribution is -2.47. The summed E-state index contributed by atoms with van der Waals surface area (Å²) in [7, 11) is 0. The van der Waals surface area contributed by atoms with Gasteiger partial charge in [-0.05, 0) is 66.5 Å². The van der Waals surface area contributed by atoms with Crippen molar-refractivity contribution in [3.8, 4) is 5.75 Å². The van der Waals surface area contributed by atoms with Gasteiger partial charge in [-0.3, -0.25) is 9.59 Å². The predicted octanol–water partition coefficient (Wildman–Crippen LogP) is 7.41. The van der Waals surface area contributed by atoms with Gasteiger partial charge in [-0.2, -0.15) is 0 Å². The Balaban J connectivity index is 1.65. The summed E-state index contributed by atoms with van der Waals surface area (Å²) in [5.41, 5.74) is 4.08. The van der Waals surface area contributed by atoms with Gasteiger partial charge in [0.15, 0.2) is 0 Å². The first kappa shape index (κ1) is 35.9. The van der Waals surface area contributed by atoms with E-state index >= 15 is 0 Å². The molecular formula is C42H47NO5. The third-order valence-electron chi connectivity index (χ3n) is 8.33. The first-order valence-corrected chi connectivity index (χ1v) is 16.6. The van der Waals surface area contributed by atoms with E-state index in [1.165, 1.54) is 0 Å². The van der Waals surface area contributed by atoms with Crippen LogP contribution in [0.4, 0.5) is 0 Å². The third-order valence-corrected chi connectivity index (χ3v) is 8.33. The van der Waals surface area contributed by atoms with E-state index < -0.39 is 6.04 Å². The molecule has 0 radical (unpaired) electrons. The van der Waals surface area contributed by atoms with Gasteiger partial charge >= 0.3 is 5.97 Å². The smallest absolute Gasteiger partial charge is 0.309 e. The number of benzene rings is 4. The monoisotopic (exact) mass is 645 g/mol. The molecule has 48 heavy (non-hydrogen) atoms. The summed E-state index contributed by atoms with van der Waals surface area (Å²) in [5, 5.41) is 9.16. The second-order valence-corrected chi connectivity index (χ2v) is 12.0. The summed E-state index contributed by atoms with van der Waals surface area (Å²) >= 11 is 0. The van der Waals surface area contributed by atoms with Crippen LogP contribution in [0.25, 0.3) is 0 Å². The maximum absolute atomic E-state index is 14.7. The van der Waals surface area contributed by atoms with Gasteiger partial charge in [0, 0.05) is 12.5 Å². The molecule has 0 heterocycles. The molecule has 6 heteroatoms. The Bertz CT molecular complexity index is 1540. The summed E-state index contributed by atoms with van der Waals surface area (Å²) in [4.78, 5) is 30.2. The number of aliphatic hydroxyl groups excluding tert-OH is 1. The molecule has 4 aromatic rings. The minimum Gasteiger partial charge on any atom is -0.491 e. The Labute approximate surface area is 285 Å². The van der Waals surface area contributed by atoms with Crippen LogP contribution in [-0.2, 0) is 40.1 Å². The lowest BCUT2D eigenvalue weighted by Gasteiger charge is -2.35. The van der Waals surface area contributed by atoms with E-state index in [9.17, 15) is 9.59 Å². The van der Waals surface area contributed by atoms with Gasteiger partial charge < -0.3 is 19.5 Å². The number of hydrogen-bond acceptors (Lipinski definition) is 5. The Hall–Kier alpha value is -4.94. The van der Waals surface area contributed by atoms with Gasteiger partial charge in [-0.15, -0.1) is 13.2 Å². The number of allylic oxidation sites excluding steroid dienone is 2. The van der Waals surface area contributed by atoms with Crippen molar-refractivity contribution >= 4 is 11.9 Å². The second-order valence-electron chi connectivity index (χ2n) is 12.0. The molecule has 250 valence electrons. The highest BCUT2D eigenvalue weighted by Gasteiger charge is 2.31. The number of amides is 1. The Morgan fingerprint density at radius 2 is 1.17 bits per heavy atom. The molecule has 1 N–H and O–H groups in total. The number of nitrogens with zero attached hydrogens (tertiary/aromatic N) is 1. The topological polar surface area (TPSA) is 76.1 Å². The minimum atomic E-state index is -0.432. The maximum Gasteiger partial charge on any atom is 0.309 e. The first-order chi connectivity index (χ1) is 23.5. The first-order valence-electron chi connectivity index (χ1n) is 16.6. The molecule has 4 rings (SSSR count). The average Bonchev–Trinajstić information content (AvgIpc) is 3.12. The van der Waals surface area contributed by atoms with Crippen molar-refractivity contribution in [2.75, 3.05) is 19.8 Å². The molecule has 0 fully saturated rings. The van der Waals surface area contributed by atoms with Crippen LogP contribution in [0, 0.1) is 11.8 Å². The molecule has 0 aliphatic heterocycles. The van der Waals surface area contributed by atoms with Crippen molar-refractivity contribution in [2.24, 2.45) is 11.8 Å². The SMILES string of the molecule is C=CC[C@@H](Cc1ccccc1)C(=O)OC[C@H](Cc1ccccc1)N(Cc1ccc(OCCO)cc1)C(=O)[C@@H](CC=C)Cc1ccccc1. The number of carbonyl (C=O) groups is 2. The van der Waals surface area contributed by atoms with Gasteiger partial charge in [0.25, 0.3) is 0 Å². The van der Waals surface area contributed by atoms with Crippen molar-refractivity contribution in [1.29, 1.82) is 0 Å². The summed E-state index contributed by atoms with van der Waals surface area (Å²) < 4.78 is 11.7. The molecule has 0 spiro atoms. The molecule has 0 bridgehead atoms. The lowest BCUT2D eigenvalue weighted by molar-refractivity contribution is -0.153. The number of rotatable bonds is 20. The van der Waals surface area contributed by atoms with Crippen LogP contribution in [0.15, 0.2) is 141 Å². The van der Waals surface area contributed by atoms with E-state index in [2.05, 4.69) is 13.2 Å². The zero-order valence-electron chi connectivity index (χ0n) is 27.7. The van der Waals surface area contributed by atoms with E-state index in [4.69, 9.17) is 14.6 Å². The van der Waals surface area contributed by atoms with Gasteiger partial charge in [0.05, 0.1) is 18.6 Å². The fraction of sp³-hybridized carbons (Fsp3) is 0.286. The fourth-order valence-corrected chi connectivity index (χ4v) is 5.85. The summed E-state index contributed by atoms with van der Waals surface area (Å²) in [6, 6.07) is 37.0. The number of aliphatic hydroxyl groups is 1. The molecule has 0 aliphatic rings. The third kappa shape index (κ3) is 11.4. The van der Waals surface area contributed by atoms with Crippen molar-refractivity contribution in [2.45, 2.75) is 44.7 Å². The van der Waals surface area contributed by atoms with Gasteiger partial charge in [0.1, 0.15) is 19.0 Å². The number of esters is 1. The van der Waals surface area contributed by atoms with Gasteiger partial charge in [0.2, 0.25) is 5.91 Å². The van der Waals surface area contributed by atoms with Crippen molar-refractivity contribution < 1.29 is 24.2 Å². The van der Waals surface area contributed by atoms with Crippen molar-refractivity contribution in [3.05, 3.63) is 163 Å². The second kappa shape index (κ2) is 19.7. The summed E-state index contributed by atoms with van der Waals surface area (Å²) in [6.07, 6.45) is 6.16. The van der Waals surface area contributed by atoms with Crippen molar-refractivity contribution in [3.63, 3.8) is 0 Å². The number of hydrogen-bond donors (Lipinski definition) is 1. The summed E-state index contributed by atoms with van der Waals surface area (Å²) in [6.45, 7) is 8.33. The number of ether oxygens (including phenoxy) is 2. The van der Waals surface area contributed by atoms with E-state index in [0.29, 0.717) is 44.4 Å². The van der Waals surface area contributed by atoms with Crippen LogP contribution in [0.3, 0.4) is 0 Å². The highest BCUT2D eigenvalue weighted by molar-refractivity contribution is 5.80. The molecule has 0 saturated heterocycles. The van der Waals surface area contributed by atoms with Crippen LogP contribution in [0.2, 0.25) is 0 Å². The zero-order valence-corrected chi connectivity index (χ0v) is 27.7. The Morgan fingerprint density at radius 1 is 0.667 bits per heavy atom. The van der Waals surface area contributed by atoms with Gasteiger partial charge in [-0.1, -0.05) is 115 Å². The molecule has 0 saturated carbocycles. The standard InChI is InChI=1S/C42H47NO5/c1-3-14-37(28-33-16-8-5-9-17-33)41(45)43(31-36-22-24-40(25-23-36)47-27-26-44)39(30-35-20-12-7-13-21-35)32-48-42(46)38(15-4-2)29-34-18-10-6-11-19-34/h3-13,16-25,37-39,44H,1-2,14-15,26-32H2/t37-,38-,39-/m0/s1. The maximum atomic E-state index is 14.7. The van der Waals surface area contributed by atoms with Crippen LogP contribution in [-0.4, -0.2) is 47.7 Å².